The number of halogens is 3. The second-order valence-electron chi connectivity index (χ2n) is 7.01. The van der Waals surface area contributed by atoms with Crippen molar-refractivity contribution in [1.82, 2.24) is 10.2 Å². The third kappa shape index (κ3) is 3.94. The van der Waals surface area contributed by atoms with Crippen LogP contribution in [0.5, 0.6) is 5.75 Å². The lowest BCUT2D eigenvalue weighted by Crippen LogP contribution is -2.46. The number of nitrogens with one attached hydrogen (secondary N) is 2. The summed E-state index contributed by atoms with van der Waals surface area (Å²) in [6.45, 7) is 4.67. The standard InChI is InChI=1S/C19H19F3N4O3S/c1-12-2-4-16-17(10-12)25-18(26-8-6-23-7-9-26)14-11-13(3-5-15(14)24-16)29-30(27,28)19(20,21)22/h2-5,10-11,23-24H,6-9H2,1H3. The quantitative estimate of drug-likeness (QED) is 0.551. The van der Waals surface area contributed by atoms with Gasteiger partial charge in [-0.3, -0.25) is 0 Å². The van der Waals surface area contributed by atoms with Gasteiger partial charge in [0.15, 0.2) is 0 Å². The highest BCUT2D eigenvalue weighted by molar-refractivity contribution is 7.88. The van der Waals surface area contributed by atoms with E-state index < -0.39 is 21.4 Å². The summed E-state index contributed by atoms with van der Waals surface area (Å²) in [7, 11) is -5.77. The Kier molecular flexibility index (Phi) is 5.10. The molecule has 0 radical (unpaired) electrons. The molecule has 0 bridgehead atoms. The molecule has 4 rings (SSSR count). The molecule has 0 aromatic heterocycles. The predicted octanol–water partition coefficient (Wildman–Crippen LogP) is 3.26. The molecule has 2 N–H and O–H groups in total. The van der Waals surface area contributed by atoms with Gasteiger partial charge in [-0.25, -0.2) is 4.99 Å². The largest absolute Gasteiger partial charge is 0.534 e. The first-order chi connectivity index (χ1) is 14.1. The molecular weight excluding hydrogens is 421 g/mol. The Hall–Kier alpha value is -2.79. The zero-order valence-electron chi connectivity index (χ0n) is 16.0. The molecule has 11 heteroatoms. The Morgan fingerprint density at radius 2 is 1.77 bits per heavy atom. The molecule has 0 atom stereocenters. The molecule has 0 saturated carbocycles. The molecule has 0 spiro atoms. The van der Waals surface area contributed by atoms with Crippen LogP contribution in [0.15, 0.2) is 41.4 Å². The molecule has 160 valence electrons. The summed E-state index contributed by atoms with van der Waals surface area (Å²) in [5.74, 6) is 0.107. The van der Waals surface area contributed by atoms with Crippen molar-refractivity contribution in [1.29, 1.82) is 0 Å². The van der Waals surface area contributed by atoms with Crippen LogP contribution in [-0.4, -0.2) is 50.8 Å². The molecule has 2 aliphatic heterocycles. The van der Waals surface area contributed by atoms with Gasteiger partial charge < -0.3 is 19.7 Å². The lowest BCUT2D eigenvalue weighted by Gasteiger charge is -2.30. The second kappa shape index (κ2) is 7.47. The lowest BCUT2D eigenvalue weighted by molar-refractivity contribution is -0.0500. The van der Waals surface area contributed by atoms with Crippen LogP contribution in [0.25, 0.3) is 0 Å². The molecule has 1 saturated heterocycles. The Morgan fingerprint density at radius 1 is 1.07 bits per heavy atom. The Labute approximate surface area is 171 Å². The smallest absolute Gasteiger partial charge is 0.376 e. The van der Waals surface area contributed by atoms with E-state index in [0.717, 1.165) is 24.3 Å². The Bertz CT molecular complexity index is 1110. The van der Waals surface area contributed by atoms with Gasteiger partial charge in [0.25, 0.3) is 0 Å². The number of alkyl halides is 3. The van der Waals surface area contributed by atoms with Crippen LogP contribution in [0.4, 0.5) is 30.2 Å². The van der Waals surface area contributed by atoms with Crippen molar-refractivity contribution in [3.63, 3.8) is 0 Å². The number of anilines is 2. The van der Waals surface area contributed by atoms with Crippen LogP contribution in [-0.2, 0) is 10.1 Å². The number of benzene rings is 2. The second-order valence-corrected chi connectivity index (χ2v) is 8.55. The third-order valence-corrected chi connectivity index (χ3v) is 5.77. The predicted molar refractivity (Wildman–Crippen MR) is 107 cm³/mol. The SMILES string of the molecule is Cc1ccc2c(c1)N=C(N1CCNCC1)c1cc(OS(=O)(=O)C(F)(F)F)ccc1N2. The number of nitrogens with zero attached hydrogens (tertiary/aromatic N) is 2. The summed E-state index contributed by atoms with van der Waals surface area (Å²) < 4.78 is 65.5. The maximum atomic E-state index is 12.7. The van der Waals surface area contributed by atoms with Crippen LogP contribution in [0.2, 0.25) is 0 Å². The number of fused-ring (bicyclic) bond motifs is 2. The van der Waals surface area contributed by atoms with Gasteiger partial charge in [0, 0.05) is 37.4 Å². The number of piperazine rings is 1. The van der Waals surface area contributed by atoms with Crippen molar-refractivity contribution >= 4 is 33.0 Å². The van der Waals surface area contributed by atoms with Crippen molar-refractivity contribution in [3.05, 3.63) is 47.5 Å². The first kappa shape index (κ1) is 20.5. The fourth-order valence-electron chi connectivity index (χ4n) is 3.32. The highest BCUT2D eigenvalue weighted by Gasteiger charge is 2.48. The van der Waals surface area contributed by atoms with Crippen LogP contribution >= 0.6 is 0 Å². The molecular formula is C19H19F3N4O3S. The first-order valence-corrected chi connectivity index (χ1v) is 10.6. The molecule has 0 aliphatic carbocycles. The summed E-state index contributed by atoms with van der Waals surface area (Å²) in [5, 5.41) is 6.47. The van der Waals surface area contributed by atoms with Crippen molar-refractivity contribution in [2.75, 3.05) is 31.5 Å². The van der Waals surface area contributed by atoms with Crippen molar-refractivity contribution < 1.29 is 25.8 Å². The molecule has 30 heavy (non-hydrogen) atoms. The van der Waals surface area contributed by atoms with Gasteiger partial charge in [0.05, 0.1) is 11.4 Å². The van der Waals surface area contributed by atoms with Crippen LogP contribution in [0.1, 0.15) is 11.1 Å². The van der Waals surface area contributed by atoms with E-state index in [1.54, 1.807) is 0 Å². The third-order valence-electron chi connectivity index (χ3n) is 4.79. The van der Waals surface area contributed by atoms with E-state index in [4.69, 9.17) is 4.99 Å². The van der Waals surface area contributed by atoms with E-state index in [-0.39, 0.29) is 0 Å². The molecule has 2 heterocycles. The summed E-state index contributed by atoms with van der Waals surface area (Å²) in [6.07, 6.45) is 0. The summed E-state index contributed by atoms with van der Waals surface area (Å²) >= 11 is 0. The molecule has 1 fully saturated rings. The number of hydrogen-bond donors (Lipinski definition) is 2. The van der Waals surface area contributed by atoms with E-state index in [1.165, 1.54) is 18.2 Å². The van der Waals surface area contributed by atoms with Crippen LogP contribution in [0, 0.1) is 6.92 Å². The normalized spacial score (nSPS) is 16.7. The minimum atomic E-state index is -5.77. The average molecular weight is 440 g/mol. The van der Waals surface area contributed by atoms with Gasteiger partial charge >= 0.3 is 15.6 Å². The van der Waals surface area contributed by atoms with E-state index in [2.05, 4.69) is 14.8 Å². The maximum Gasteiger partial charge on any atom is 0.534 e. The van der Waals surface area contributed by atoms with Crippen molar-refractivity contribution in [2.45, 2.75) is 12.4 Å². The minimum absolute atomic E-state index is 0.433. The summed E-state index contributed by atoms with van der Waals surface area (Å²) in [6, 6.07) is 9.64. The van der Waals surface area contributed by atoms with Gasteiger partial charge in [-0.1, -0.05) is 6.07 Å². The maximum absolute atomic E-state index is 12.7. The topological polar surface area (TPSA) is 83.0 Å². The molecule has 2 aromatic rings. The molecule has 0 unspecified atom stereocenters. The van der Waals surface area contributed by atoms with E-state index in [0.29, 0.717) is 35.9 Å². The monoisotopic (exact) mass is 440 g/mol. The van der Waals surface area contributed by atoms with E-state index in [9.17, 15) is 21.6 Å². The number of hydrogen-bond acceptors (Lipinski definition) is 7. The number of aliphatic imine (C=N–C) groups is 1. The highest BCUT2D eigenvalue weighted by atomic mass is 32.2. The summed E-state index contributed by atoms with van der Waals surface area (Å²) in [4.78, 5) is 6.79. The highest BCUT2D eigenvalue weighted by Crippen LogP contribution is 2.37. The number of aryl methyl sites for hydroxylation is 1. The van der Waals surface area contributed by atoms with Crippen molar-refractivity contribution in [3.8, 4) is 5.75 Å². The van der Waals surface area contributed by atoms with Gasteiger partial charge in [-0.2, -0.15) is 21.6 Å². The molecule has 2 aliphatic rings. The van der Waals surface area contributed by atoms with E-state index in [1.807, 2.05) is 30.0 Å². The first-order valence-electron chi connectivity index (χ1n) is 9.21. The van der Waals surface area contributed by atoms with Crippen molar-refractivity contribution in [2.24, 2.45) is 4.99 Å². The zero-order chi connectivity index (χ0) is 21.5. The van der Waals surface area contributed by atoms with E-state index >= 15 is 0 Å². The van der Waals surface area contributed by atoms with Crippen LogP contribution in [0.3, 0.4) is 0 Å². The van der Waals surface area contributed by atoms with Gasteiger partial charge in [-0.15, -0.1) is 0 Å². The fourth-order valence-corrected chi connectivity index (χ4v) is 3.77. The number of amidine groups is 1. The minimum Gasteiger partial charge on any atom is -0.376 e. The van der Waals surface area contributed by atoms with Crippen LogP contribution < -0.4 is 14.8 Å². The van der Waals surface area contributed by atoms with Gasteiger partial charge in [-0.05, 0) is 42.8 Å². The lowest BCUT2D eigenvalue weighted by atomic mass is 10.1. The molecule has 7 nitrogen and oxygen atoms in total. The Balaban J connectivity index is 1.82. The average Bonchev–Trinajstić information content (AvgIpc) is 2.84. The zero-order valence-corrected chi connectivity index (χ0v) is 16.8. The number of rotatable bonds is 2. The Morgan fingerprint density at radius 3 is 2.47 bits per heavy atom. The molecule has 2 aromatic carbocycles. The van der Waals surface area contributed by atoms with Gasteiger partial charge in [0.1, 0.15) is 11.6 Å². The van der Waals surface area contributed by atoms with Gasteiger partial charge in [0.2, 0.25) is 0 Å². The summed E-state index contributed by atoms with van der Waals surface area (Å²) in [5.41, 5.74) is -2.03. The molecule has 0 amide bonds. The fraction of sp³-hybridized carbons (Fsp3) is 0.316.